The summed E-state index contributed by atoms with van der Waals surface area (Å²) in [5, 5.41) is 2.91. The van der Waals surface area contributed by atoms with Crippen molar-refractivity contribution in [3.05, 3.63) is 0 Å². The van der Waals surface area contributed by atoms with Gasteiger partial charge < -0.3 is 15.8 Å². The maximum atomic E-state index is 11.5. The van der Waals surface area contributed by atoms with Gasteiger partial charge in [-0.2, -0.15) is 0 Å². The third-order valence-corrected chi connectivity index (χ3v) is 2.87. The van der Waals surface area contributed by atoms with Crippen LogP contribution in [-0.2, 0) is 4.74 Å². The van der Waals surface area contributed by atoms with Gasteiger partial charge in [0.25, 0.3) is 0 Å². The smallest absolute Gasteiger partial charge is 0.407 e. The molecular weight excluding hydrogens is 192 g/mol. The molecule has 15 heavy (non-hydrogen) atoms. The van der Waals surface area contributed by atoms with Crippen LogP contribution in [0.5, 0.6) is 0 Å². The van der Waals surface area contributed by atoms with Crippen molar-refractivity contribution in [3.63, 3.8) is 0 Å². The van der Waals surface area contributed by atoms with Crippen molar-refractivity contribution < 1.29 is 9.53 Å². The van der Waals surface area contributed by atoms with E-state index in [0.717, 1.165) is 25.7 Å². The highest BCUT2D eigenvalue weighted by Gasteiger charge is 2.34. The topological polar surface area (TPSA) is 64.3 Å². The molecule has 1 aliphatic carbocycles. The molecule has 0 unspecified atom stereocenters. The molecule has 0 bridgehead atoms. The van der Waals surface area contributed by atoms with Gasteiger partial charge in [-0.3, -0.25) is 0 Å². The summed E-state index contributed by atoms with van der Waals surface area (Å²) in [6.07, 6.45) is 3.90. The first-order chi connectivity index (χ1) is 7.08. The van der Waals surface area contributed by atoms with Crippen LogP contribution in [0, 0.1) is 5.92 Å². The second-order valence-corrected chi connectivity index (χ2v) is 4.81. The van der Waals surface area contributed by atoms with E-state index >= 15 is 0 Å². The van der Waals surface area contributed by atoms with Crippen molar-refractivity contribution in [2.45, 2.75) is 45.1 Å². The van der Waals surface area contributed by atoms with Gasteiger partial charge in [0.05, 0.1) is 12.1 Å². The van der Waals surface area contributed by atoms with E-state index in [1.54, 1.807) is 0 Å². The lowest BCUT2D eigenvalue weighted by molar-refractivity contribution is 0.121. The van der Waals surface area contributed by atoms with Gasteiger partial charge in [0.1, 0.15) is 0 Å². The highest BCUT2D eigenvalue weighted by molar-refractivity contribution is 5.68. The third-order valence-electron chi connectivity index (χ3n) is 2.87. The van der Waals surface area contributed by atoms with E-state index in [9.17, 15) is 4.79 Å². The lowest BCUT2D eigenvalue weighted by Crippen LogP contribution is -2.51. The molecule has 88 valence electrons. The molecule has 4 heteroatoms. The normalized spacial score (nSPS) is 19.2. The number of nitrogens with two attached hydrogens (primary N) is 1. The Morgan fingerprint density at radius 2 is 2.07 bits per heavy atom. The van der Waals surface area contributed by atoms with E-state index in [-0.39, 0.29) is 11.6 Å². The molecule has 0 atom stereocenters. The van der Waals surface area contributed by atoms with Crippen LogP contribution in [0.25, 0.3) is 0 Å². The average molecular weight is 214 g/mol. The van der Waals surface area contributed by atoms with Crippen LogP contribution in [-0.4, -0.2) is 24.8 Å². The van der Waals surface area contributed by atoms with Crippen molar-refractivity contribution in [1.82, 2.24) is 5.32 Å². The van der Waals surface area contributed by atoms with Gasteiger partial charge in [0.2, 0.25) is 0 Å². The quantitative estimate of drug-likeness (QED) is 0.747. The molecule has 1 amide bonds. The molecule has 0 spiro atoms. The van der Waals surface area contributed by atoms with Crippen molar-refractivity contribution in [2.75, 3.05) is 13.2 Å². The van der Waals surface area contributed by atoms with E-state index in [4.69, 9.17) is 10.5 Å². The van der Waals surface area contributed by atoms with Crippen LogP contribution in [0.1, 0.15) is 39.5 Å². The number of carbonyl (C=O) groups excluding carboxylic acids is 1. The Morgan fingerprint density at radius 1 is 1.47 bits per heavy atom. The van der Waals surface area contributed by atoms with Gasteiger partial charge in [0.15, 0.2) is 0 Å². The Hall–Kier alpha value is -0.770. The fourth-order valence-corrected chi connectivity index (χ4v) is 1.93. The average Bonchev–Trinajstić information content (AvgIpc) is 2.64. The van der Waals surface area contributed by atoms with Gasteiger partial charge in [-0.05, 0) is 18.8 Å². The number of alkyl carbamates (subject to hydrolysis) is 1. The Kier molecular flexibility index (Phi) is 4.39. The first-order valence-electron chi connectivity index (χ1n) is 5.73. The van der Waals surface area contributed by atoms with Gasteiger partial charge in [-0.1, -0.05) is 26.7 Å². The molecule has 1 fully saturated rings. The number of hydrogen-bond acceptors (Lipinski definition) is 3. The first kappa shape index (κ1) is 12.3. The predicted molar refractivity (Wildman–Crippen MR) is 59.6 cm³/mol. The highest BCUT2D eigenvalue weighted by Crippen LogP contribution is 2.28. The van der Waals surface area contributed by atoms with Crippen LogP contribution >= 0.6 is 0 Å². The largest absolute Gasteiger partial charge is 0.449 e. The van der Waals surface area contributed by atoms with E-state index < -0.39 is 0 Å². The lowest BCUT2D eigenvalue weighted by atomic mass is 9.98. The Bertz CT molecular complexity index is 211. The zero-order valence-electron chi connectivity index (χ0n) is 9.71. The number of nitrogens with one attached hydrogen (secondary N) is 1. The summed E-state index contributed by atoms with van der Waals surface area (Å²) in [7, 11) is 0. The molecule has 0 heterocycles. The summed E-state index contributed by atoms with van der Waals surface area (Å²) in [6, 6.07) is 0. The SMILES string of the molecule is CC(C)COC(=O)NC1(CN)CCCC1. The summed E-state index contributed by atoms with van der Waals surface area (Å²) < 4.78 is 5.09. The summed E-state index contributed by atoms with van der Waals surface area (Å²) >= 11 is 0. The summed E-state index contributed by atoms with van der Waals surface area (Å²) in [5.41, 5.74) is 5.50. The van der Waals surface area contributed by atoms with Gasteiger partial charge in [0, 0.05) is 6.54 Å². The molecule has 0 radical (unpaired) electrons. The Labute approximate surface area is 91.5 Å². The Balaban J connectivity index is 2.35. The summed E-state index contributed by atoms with van der Waals surface area (Å²) in [4.78, 5) is 11.5. The maximum Gasteiger partial charge on any atom is 0.407 e. The van der Waals surface area contributed by atoms with Gasteiger partial charge >= 0.3 is 6.09 Å². The van der Waals surface area contributed by atoms with Crippen LogP contribution in [0.2, 0.25) is 0 Å². The number of amides is 1. The van der Waals surface area contributed by atoms with Crippen LogP contribution < -0.4 is 11.1 Å². The zero-order valence-corrected chi connectivity index (χ0v) is 9.71. The number of ether oxygens (including phenoxy) is 1. The van der Waals surface area contributed by atoms with Crippen LogP contribution in [0.4, 0.5) is 4.79 Å². The Morgan fingerprint density at radius 3 is 2.53 bits per heavy atom. The molecule has 0 aromatic rings. The second kappa shape index (κ2) is 5.35. The minimum absolute atomic E-state index is 0.200. The molecule has 3 N–H and O–H groups in total. The van der Waals surface area contributed by atoms with Crippen molar-refractivity contribution in [3.8, 4) is 0 Å². The molecule has 1 aliphatic rings. The first-order valence-corrected chi connectivity index (χ1v) is 5.73. The molecule has 0 aromatic carbocycles. The number of carbonyl (C=O) groups is 1. The third kappa shape index (κ3) is 3.70. The van der Waals surface area contributed by atoms with E-state index in [2.05, 4.69) is 5.32 Å². The predicted octanol–water partition coefficient (Wildman–Crippen LogP) is 1.64. The minimum Gasteiger partial charge on any atom is -0.449 e. The van der Waals surface area contributed by atoms with Crippen molar-refractivity contribution in [2.24, 2.45) is 11.7 Å². The summed E-state index contributed by atoms with van der Waals surface area (Å²) in [6.45, 7) is 5.00. The monoisotopic (exact) mass is 214 g/mol. The van der Waals surface area contributed by atoms with E-state index in [1.165, 1.54) is 0 Å². The summed E-state index contributed by atoms with van der Waals surface area (Å²) in [5.74, 6) is 0.369. The van der Waals surface area contributed by atoms with Crippen molar-refractivity contribution in [1.29, 1.82) is 0 Å². The fraction of sp³-hybridized carbons (Fsp3) is 0.909. The van der Waals surface area contributed by atoms with Crippen LogP contribution in [0.3, 0.4) is 0 Å². The van der Waals surface area contributed by atoms with Gasteiger partial charge in [-0.25, -0.2) is 4.79 Å². The molecule has 0 aromatic heterocycles. The van der Waals surface area contributed by atoms with Crippen molar-refractivity contribution >= 4 is 6.09 Å². The molecule has 1 rings (SSSR count). The molecular formula is C11H22N2O2. The highest BCUT2D eigenvalue weighted by atomic mass is 16.5. The molecule has 0 aliphatic heterocycles. The lowest BCUT2D eigenvalue weighted by Gasteiger charge is -2.28. The fourth-order valence-electron chi connectivity index (χ4n) is 1.93. The molecule has 4 nitrogen and oxygen atoms in total. The molecule has 0 saturated heterocycles. The second-order valence-electron chi connectivity index (χ2n) is 4.81. The molecule has 1 saturated carbocycles. The number of hydrogen-bond donors (Lipinski definition) is 2. The minimum atomic E-state index is -0.323. The maximum absolute atomic E-state index is 11.5. The van der Waals surface area contributed by atoms with Gasteiger partial charge in [-0.15, -0.1) is 0 Å². The van der Waals surface area contributed by atoms with Crippen LogP contribution in [0.15, 0.2) is 0 Å². The number of rotatable bonds is 4. The van der Waals surface area contributed by atoms with E-state index in [0.29, 0.717) is 19.1 Å². The zero-order chi connectivity index (χ0) is 11.3. The standard InChI is InChI=1S/C11H22N2O2/c1-9(2)7-15-10(14)13-11(8-12)5-3-4-6-11/h9H,3-8,12H2,1-2H3,(H,13,14). The van der Waals surface area contributed by atoms with E-state index in [1.807, 2.05) is 13.8 Å².